The Bertz CT molecular complexity index is 1270. The summed E-state index contributed by atoms with van der Waals surface area (Å²) < 4.78 is 21.4. The zero-order valence-corrected chi connectivity index (χ0v) is 18.3. The Balaban J connectivity index is 1.58. The molecule has 0 fully saturated rings. The summed E-state index contributed by atoms with van der Waals surface area (Å²) in [6.45, 7) is 1.97. The second kappa shape index (κ2) is 9.40. The lowest BCUT2D eigenvalue weighted by Crippen LogP contribution is -2.10. The first-order chi connectivity index (χ1) is 16.0. The summed E-state index contributed by atoms with van der Waals surface area (Å²) >= 11 is 0. The topological polar surface area (TPSA) is 83.4 Å². The number of aliphatic imine (C=N–C) groups is 1. The van der Waals surface area contributed by atoms with Crippen molar-refractivity contribution in [1.82, 2.24) is 0 Å². The molecule has 0 aliphatic carbocycles. The Kier molecular flexibility index (Phi) is 6.22. The summed E-state index contributed by atoms with van der Waals surface area (Å²) in [7, 11) is 2.94. The number of methoxy groups -OCH3 is 2. The van der Waals surface area contributed by atoms with Gasteiger partial charge in [-0.15, -0.1) is 0 Å². The molecule has 3 aromatic rings. The van der Waals surface area contributed by atoms with Crippen LogP contribution in [-0.2, 0) is 9.53 Å². The molecule has 1 heterocycles. The van der Waals surface area contributed by atoms with Gasteiger partial charge in [0.05, 0.1) is 14.2 Å². The molecule has 0 unspecified atom stereocenters. The maximum atomic E-state index is 12.6. The van der Waals surface area contributed by atoms with Crippen molar-refractivity contribution < 1.29 is 28.5 Å². The number of ether oxygens (including phenoxy) is 4. The molecule has 0 radical (unpaired) electrons. The number of nitrogens with zero attached hydrogens (tertiary/aromatic N) is 1. The number of benzene rings is 3. The second-order valence-corrected chi connectivity index (χ2v) is 7.20. The normalized spacial score (nSPS) is 14.0. The highest BCUT2D eigenvalue weighted by Crippen LogP contribution is 2.31. The van der Waals surface area contributed by atoms with Gasteiger partial charge in [0.25, 0.3) is 0 Å². The number of esters is 2. The van der Waals surface area contributed by atoms with E-state index in [-0.39, 0.29) is 17.3 Å². The second-order valence-electron chi connectivity index (χ2n) is 7.20. The number of rotatable bonds is 6. The standard InChI is InChI=1S/C26H21NO6/c1-16-8-11-18(12-9-16)24-27-20(26(29)33-24)14-17-10-13-22(23(15-17)31-3)32-25(28)19-6-4-5-7-21(19)30-2/h4-15H,1-3H3/b20-14+. The Morgan fingerprint density at radius 2 is 1.64 bits per heavy atom. The molecule has 0 atom stereocenters. The van der Waals surface area contributed by atoms with E-state index in [0.717, 1.165) is 5.56 Å². The van der Waals surface area contributed by atoms with Crippen LogP contribution < -0.4 is 14.2 Å². The summed E-state index contributed by atoms with van der Waals surface area (Å²) in [6, 6.07) is 19.2. The smallest absolute Gasteiger partial charge is 0.363 e. The van der Waals surface area contributed by atoms with Gasteiger partial charge in [-0.2, -0.15) is 0 Å². The molecule has 4 rings (SSSR count). The van der Waals surface area contributed by atoms with Crippen LogP contribution in [0.25, 0.3) is 6.08 Å². The van der Waals surface area contributed by atoms with Gasteiger partial charge in [-0.25, -0.2) is 14.6 Å². The lowest BCUT2D eigenvalue weighted by atomic mass is 10.1. The van der Waals surface area contributed by atoms with E-state index in [9.17, 15) is 9.59 Å². The van der Waals surface area contributed by atoms with Crippen LogP contribution >= 0.6 is 0 Å². The fourth-order valence-corrected chi connectivity index (χ4v) is 3.21. The van der Waals surface area contributed by atoms with E-state index in [2.05, 4.69) is 4.99 Å². The molecule has 0 saturated heterocycles. The van der Waals surface area contributed by atoms with Crippen molar-refractivity contribution in [2.45, 2.75) is 6.92 Å². The highest BCUT2D eigenvalue weighted by molar-refractivity contribution is 6.12. The Morgan fingerprint density at radius 1 is 0.909 bits per heavy atom. The van der Waals surface area contributed by atoms with Gasteiger partial charge >= 0.3 is 11.9 Å². The van der Waals surface area contributed by atoms with Crippen LogP contribution in [0.2, 0.25) is 0 Å². The van der Waals surface area contributed by atoms with Crippen LogP contribution in [0.5, 0.6) is 17.2 Å². The van der Waals surface area contributed by atoms with Crippen molar-refractivity contribution in [3.8, 4) is 17.2 Å². The number of cyclic esters (lactones) is 1. The van der Waals surface area contributed by atoms with Gasteiger partial charge in [0, 0.05) is 5.56 Å². The Morgan fingerprint density at radius 3 is 2.36 bits per heavy atom. The highest BCUT2D eigenvalue weighted by Gasteiger charge is 2.24. The van der Waals surface area contributed by atoms with Gasteiger partial charge in [-0.3, -0.25) is 0 Å². The van der Waals surface area contributed by atoms with Crippen molar-refractivity contribution in [2.24, 2.45) is 4.99 Å². The molecular formula is C26H21NO6. The summed E-state index contributed by atoms with van der Waals surface area (Å²) in [4.78, 5) is 29.2. The molecule has 0 aromatic heterocycles. The number of carbonyl (C=O) groups excluding carboxylic acids is 2. The minimum Gasteiger partial charge on any atom is -0.496 e. The summed E-state index contributed by atoms with van der Waals surface area (Å²) in [6.07, 6.45) is 1.58. The van der Waals surface area contributed by atoms with E-state index in [1.807, 2.05) is 31.2 Å². The van der Waals surface area contributed by atoms with E-state index < -0.39 is 11.9 Å². The number of carbonyl (C=O) groups is 2. The molecule has 7 nitrogen and oxygen atoms in total. The first-order valence-corrected chi connectivity index (χ1v) is 10.1. The van der Waals surface area contributed by atoms with Crippen molar-refractivity contribution in [1.29, 1.82) is 0 Å². The van der Waals surface area contributed by atoms with Crippen LogP contribution in [0.15, 0.2) is 77.4 Å². The first kappa shape index (κ1) is 21.8. The molecule has 0 amide bonds. The summed E-state index contributed by atoms with van der Waals surface area (Å²) in [5, 5.41) is 0. The van der Waals surface area contributed by atoms with E-state index >= 15 is 0 Å². The molecule has 0 saturated carbocycles. The average Bonchev–Trinajstić information content (AvgIpc) is 3.20. The minimum absolute atomic E-state index is 0.159. The zero-order chi connectivity index (χ0) is 23.4. The summed E-state index contributed by atoms with van der Waals surface area (Å²) in [5.41, 5.74) is 2.89. The van der Waals surface area contributed by atoms with Crippen LogP contribution in [0.4, 0.5) is 0 Å². The fourth-order valence-electron chi connectivity index (χ4n) is 3.21. The van der Waals surface area contributed by atoms with Gasteiger partial charge in [0.15, 0.2) is 17.2 Å². The quantitative estimate of drug-likeness (QED) is 0.315. The lowest BCUT2D eigenvalue weighted by Gasteiger charge is -2.11. The molecule has 0 spiro atoms. The maximum absolute atomic E-state index is 12.6. The zero-order valence-electron chi connectivity index (χ0n) is 18.3. The Hall–Kier alpha value is -4.39. The van der Waals surface area contributed by atoms with Crippen molar-refractivity contribution in [2.75, 3.05) is 14.2 Å². The predicted octanol–water partition coefficient (Wildman–Crippen LogP) is 4.58. The average molecular weight is 443 g/mol. The molecule has 1 aliphatic rings. The highest BCUT2D eigenvalue weighted by atomic mass is 16.6. The van der Waals surface area contributed by atoms with Gasteiger partial charge in [-0.1, -0.05) is 35.9 Å². The number of hydrogen-bond acceptors (Lipinski definition) is 7. The third-order valence-corrected chi connectivity index (χ3v) is 4.94. The minimum atomic E-state index is -0.580. The fraction of sp³-hybridized carbons (Fsp3) is 0.115. The third-order valence-electron chi connectivity index (χ3n) is 4.94. The van der Waals surface area contributed by atoms with Crippen molar-refractivity contribution >= 4 is 23.9 Å². The van der Waals surface area contributed by atoms with Crippen LogP contribution in [0.3, 0.4) is 0 Å². The largest absolute Gasteiger partial charge is 0.496 e. The monoisotopic (exact) mass is 443 g/mol. The van der Waals surface area contributed by atoms with E-state index in [0.29, 0.717) is 28.2 Å². The van der Waals surface area contributed by atoms with Gasteiger partial charge in [0.1, 0.15) is 11.3 Å². The number of aryl methyl sites for hydroxylation is 1. The summed E-state index contributed by atoms with van der Waals surface area (Å²) in [5.74, 6) is 0.0836. The molecule has 166 valence electrons. The molecule has 0 N–H and O–H groups in total. The van der Waals surface area contributed by atoms with Gasteiger partial charge in [0.2, 0.25) is 5.90 Å². The van der Waals surface area contributed by atoms with Crippen molar-refractivity contribution in [3.05, 3.63) is 94.7 Å². The predicted molar refractivity (Wildman–Crippen MR) is 123 cm³/mol. The molecule has 3 aromatic carbocycles. The molecular weight excluding hydrogens is 422 g/mol. The van der Waals surface area contributed by atoms with Crippen molar-refractivity contribution in [3.63, 3.8) is 0 Å². The first-order valence-electron chi connectivity index (χ1n) is 10.1. The molecule has 7 heteroatoms. The SMILES string of the molecule is COc1cc(/C=C2/N=C(c3ccc(C)cc3)OC2=O)ccc1OC(=O)c1ccccc1OC. The van der Waals surface area contributed by atoms with Crippen LogP contribution in [0.1, 0.15) is 27.0 Å². The third kappa shape index (κ3) is 4.77. The molecule has 1 aliphatic heterocycles. The van der Waals surface area contributed by atoms with Gasteiger partial charge < -0.3 is 18.9 Å². The molecule has 33 heavy (non-hydrogen) atoms. The number of para-hydroxylation sites is 1. The maximum Gasteiger partial charge on any atom is 0.363 e. The van der Waals surface area contributed by atoms with E-state index in [4.69, 9.17) is 18.9 Å². The van der Waals surface area contributed by atoms with Gasteiger partial charge in [-0.05, 0) is 55.0 Å². The van der Waals surface area contributed by atoms with E-state index in [1.54, 1.807) is 48.5 Å². The van der Waals surface area contributed by atoms with Crippen LogP contribution in [-0.4, -0.2) is 32.1 Å². The van der Waals surface area contributed by atoms with E-state index in [1.165, 1.54) is 14.2 Å². The number of hydrogen-bond donors (Lipinski definition) is 0. The van der Waals surface area contributed by atoms with Crippen LogP contribution in [0, 0.1) is 6.92 Å². The molecule has 0 bridgehead atoms. The Labute approximate surface area is 190 Å². The lowest BCUT2D eigenvalue weighted by molar-refractivity contribution is -0.129.